The molecule has 0 radical (unpaired) electrons. The van der Waals surface area contributed by atoms with Crippen LogP contribution in [-0.4, -0.2) is 16.1 Å². The maximum atomic E-state index is 12.6. The summed E-state index contributed by atoms with van der Waals surface area (Å²) in [6.07, 6.45) is -1.98. The topological polar surface area (TPSA) is 50.2 Å². The fourth-order valence-corrected chi connectivity index (χ4v) is 1.59. The number of nitrogens with zero attached hydrogens (tertiary/aromatic N) is 1. The van der Waals surface area contributed by atoms with Crippen LogP contribution in [0.25, 0.3) is 11.1 Å². The molecular formula is C13H8F3NO2. The highest BCUT2D eigenvalue weighted by Gasteiger charge is 2.30. The molecule has 0 fully saturated rings. The normalized spacial score (nSPS) is 11.3. The number of carbonyl (C=O) groups is 1. The largest absolute Gasteiger partial charge is 0.478 e. The van der Waals surface area contributed by atoms with Crippen LogP contribution in [0.1, 0.15) is 15.9 Å². The lowest BCUT2D eigenvalue weighted by atomic mass is 10.0. The fourth-order valence-electron chi connectivity index (χ4n) is 1.59. The number of aromatic nitrogens is 1. The van der Waals surface area contributed by atoms with E-state index in [1.165, 1.54) is 24.4 Å². The highest BCUT2D eigenvalue weighted by atomic mass is 19.4. The molecule has 19 heavy (non-hydrogen) atoms. The SMILES string of the molecule is O=C(O)c1cncc(-c2cccc(C(F)(F)F)c2)c1. The van der Waals surface area contributed by atoms with Crippen molar-refractivity contribution in [2.75, 3.05) is 0 Å². The number of carboxylic acid groups (broad SMARTS) is 1. The van der Waals surface area contributed by atoms with Crippen molar-refractivity contribution in [2.24, 2.45) is 0 Å². The highest BCUT2D eigenvalue weighted by molar-refractivity contribution is 5.88. The molecule has 0 aliphatic carbocycles. The van der Waals surface area contributed by atoms with Crippen molar-refractivity contribution in [1.82, 2.24) is 4.98 Å². The van der Waals surface area contributed by atoms with E-state index in [9.17, 15) is 18.0 Å². The zero-order valence-corrected chi connectivity index (χ0v) is 9.48. The van der Waals surface area contributed by atoms with Gasteiger partial charge in [-0.2, -0.15) is 13.2 Å². The second-order valence-corrected chi connectivity index (χ2v) is 3.85. The maximum absolute atomic E-state index is 12.6. The first-order valence-electron chi connectivity index (χ1n) is 5.24. The van der Waals surface area contributed by atoms with Crippen molar-refractivity contribution in [3.8, 4) is 11.1 Å². The van der Waals surface area contributed by atoms with Crippen LogP contribution in [0.2, 0.25) is 0 Å². The predicted octanol–water partition coefficient (Wildman–Crippen LogP) is 3.47. The Labute approximate surface area is 106 Å². The van der Waals surface area contributed by atoms with Crippen LogP contribution in [0.15, 0.2) is 42.7 Å². The van der Waals surface area contributed by atoms with Gasteiger partial charge in [-0.3, -0.25) is 4.98 Å². The first-order valence-corrected chi connectivity index (χ1v) is 5.24. The van der Waals surface area contributed by atoms with Gasteiger partial charge in [0, 0.05) is 18.0 Å². The van der Waals surface area contributed by atoms with E-state index in [-0.39, 0.29) is 11.1 Å². The molecule has 0 saturated heterocycles. The highest BCUT2D eigenvalue weighted by Crippen LogP contribution is 2.32. The molecule has 3 nitrogen and oxygen atoms in total. The molecule has 2 aromatic rings. The number of rotatable bonds is 2. The van der Waals surface area contributed by atoms with E-state index in [1.54, 1.807) is 0 Å². The van der Waals surface area contributed by atoms with E-state index in [0.29, 0.717) is 5.56 Å². The molecule has 98 valence electrons. The van der Waals surface area contributed by atoms with Gasteiger partial charge in [0.05, 0.1) is 11.1 Å². The summed E-state index contributed by atoms with van der Waals surface area (Å²) < 4.78 is 37.7. The summed E-state index contributed by atoms with van der Waals surface area (Å²) in [5, 5.41) is 8.82. The van der Waals surface area contributed by atoms with Gasteiger partial charge >= 0.3 is 12.1 Å². The van der Waals surface area contributed by atoms with Gasteiger partial charge in [0.2, 0.25) is 0 Å². The molecule has 0 aliphatic rings. The van der Waals surface area contributed by atoms with E-state index < -0.39 is 17.7 Å². The zero-order chi connectivity index (χ0) is 14.0. The summed E-state index contributed by atoms with van der Waals surface area (Å²) in [5.74, 6) is -1.18. The second kappa shape index (κ2) is 4.72. The van der Waals surface area contributed by atoms with Gasteiger partial charge in [0.15, 0.2) is 0 Å². The zero-order valence-electron chi connectivity index (χ0n) is 9.48. The average Bonchev–Trinajstić information content (AvgIpc) is 2.38. The van der Waals surface area contributed by atoms with Crippen molar-refractivity contribution < 1.29 is 23.1 Å². The number of halogens is 3. The van der Waals surface area contributed by atoms with Crippen molar-refractivity contribution in [3.05, 3.63) is 53.9 Å². The molecule has 0 saturated carbocycles. The quantitative estimate of drug-likeness (QED) is 0.906. The number of pyridine rings is 1. The minimum absolute atomic E-state index is 0.0742. The smallest absolute Gasteiger partial charge is 0.416 e. The Hall–Kier alpha value is -2.37. The van der Waals surface area contributed by atoms with Gasteiger partial charge in [0.1, 0.15) is 0 Å². The first kappa shape index (κ1) is 13.1. The third-order valence-corrected chi connectivity index (χ3v) is 2.51. The number of benzene rings is 1. The Morgan fingerprint density at radius 1 is 1.11 bits per heavy atom. The lowest BCUT2D eigenvalue weighted by Crippen LogP contribution is -2.04. The summed E-state index contributed by atoms with van der Waals surface area (Å²) in [4.78, 5) is 14.5. The van der Waals surface area contributed by atoms with E-state index in [4.69, 9.17) is 5.11 Å². The molecule has 1 aromatic heterocycles. The molecule has 0 amide bonds. The standard InChI is InChI=1S/C13H8F3NO2/c14-13(15,16)11-3-1-2-8(5-11)9-4-10(12(18)19)7-17-6-9/h1-7H,(H,18,19). The van der Waals surface area contributed by atoms with Crippen molar-refractivity contribution in [3.63, 3.8) is 0 Å². The van der Waals surface area contributed by atoms with E-state index in [0.717, 1.165) is 18.3 Å². The summed E-state index contributed by atoms with van der Waals surface area (Å²) in [6.45, 7) is 0. The van der Waals surface area contributed by atoms with E-state index in [1.807, 2.05) is 0 Å². The molecule has 0 bridgehead atoms. The molecule has 0 aliphatic heterocycles. The van der Waals surface area contributed by atoms with Gasteiger partial charge in [-0.15, -0.1) is 0 Å². The van der Waals surface area contributed by atoms with Gasteiger partial charge in [-0.1, -0.05) is 12.1 Å². The molecule has 1 aromatic carbocycles. The average molecular weight is 267 g/mol. The summed E-state index contributed by atoms with van der Waals surface area (Å²) in [7, 11) is 0. The summed E-state index contributed by atoms with van der Waals surface area (Å²) in [6, 6.07) is 5.94. The number of hydrogen-bond acceptors (Lipinski definition) is 2. The van der Waals surface area contributed by atoms with Gasteiger partial charge in [-0.25, -0.2) is 4.79 Å². The molecule has 6 heteroatoms. The number of carboxylic acids is 1. The summed E-state index contributed by atoms with van der Waals surface area (Å²) >= 11 is 0. The third kappa shape index (κ3) is 2.90. The minimum atomic E-state index is -4.44. The van der Waals surface area contributed by atoms with Gasteiger partial charge in [0.25, 0.3) is 0 Å². The Kier molecular flexibility index (Phi) is 3.25. The Balaban J connectivity index is 2.48. The second-order valence-electron chi connectivity index (χ2n) is 3.85. The first-order chi connectivity index (χ1) is 8.88. The molecule has 0 unspecified atom stereocenters. The van der Waals surface area contributed by atoms with E-state index >= 15 is 0 Å². The molecular weight excluding hydrogens is 259 g/mol. The monoisotopic (exact) mass is 267 g/mol. The lowest BCUT2D eigenvalue weighted by Gasteiger charge is -2.08. The number of alkyl halides is 3. The van der Waals surface area contributed by atoms with Crippen molar-refractivity contribution in [1.29, 1.82) is 0 Å². The molecule has 1 N–H and O–H groups in total. The molecule has 2 rings (SSSR count). The Bertz CT molecular complexity index is 623. The van der Waals surface area contributed by atoms with Crippen molar-refractivity contribution in [2.45, 2.75) is 6.18 Å². The number of aromatic carboxylic acids is 1. The van der Waals surface area contributed by atoms with Crippen LogP contribution in [0.3, 0.4) is 0 Å². The fraction of sp³-hybridized carbons (Fsp3) is 0.0769. The van der Waals surface area contributed by atoms with Crippen molar-refractivity contribution >= 4 is 5.97 Å². The van der Waals surface area contributed by atoms with Crippen LogP contribution in [-0.2, 0) is 6.18 Å². The van der Waals surface area contributed by atoms with Gasteiger partial charge in [-0.05, 0) is 23.8 Å². The lowest BCUT2D eigenvalue weighted by molar-refractivity contribution is -0.137. The Morgan fingerprint density at radius 3 is 2.47 bits per heavy atom. The van der Waals surface area contributed by atoms with Crippen LogP contribution in [0.4, 0.5) is 13.2 Å². The number of hydrogen-bond donors (Lipinski definition) is 1. The van der Waals surface area contributed by atoms with Crippen LogP contribution in [0, 0.1) is 0 Å². The summed E-state index contributed by atoms with van der Waals surface area (Å²) in [5.41, 5.74) is -0.267. The van der Waals surface area contributed by atoms with Crippen LogP contribution in [0.5, 0.6) is 0 Å². The van der Waals surface area contributed by atoms with Gasteiger partial charge < -0.3 is 5.11 Å². The van der Waals surface area contributed by atoms with Crippen LogP contribution < -0.4 is 0 Å². The molecule has 0 atom stereocenters. The predicted molar refractivity (Wildman–Crippen MR) is 61.6 cm³/mol. The molecule has 1 heterocycles. The maximum Gasteiger partial charge on any atom is 0.416 e. The molecule has 0 spiro atoms. The third-order valence-electron chi connectivity index (χ3n) is 2.51. The minimum Gasteiger partial charge on any atom is -0.478 e. The van der Waals surface area contributed by atoms with Crippen LogP contribution >= 0.6 is 0 Å². The van der Waals surface area contributed by atoms with E-state index in [2.05, 4.69) is 4.98 Å². The Morgan fingerprint density at radius 2 is 1.84 bits per heavy atom.